The van der Waals surface area contributed by atoms with Crippen molar-refractivity contribution < 1.29 is 4.79 Å². The lowest BCUT2D eigenvalue weighted by Gasteiger charge is -2.32. The molecule has 2 fully saturated rings. The molecule has 28 heavy (non-hydrogen) atoms. The Hall–Kier alpha value is -3.10. The predicted octanol–water partition coefficient (Wildman–Crippen LogP) is 2.18. The summed E-state index contributed by atoms with van der Waals surface area (Å²) in [5.41, 5.74) is 2.02. The highest BCUT2D eigenvalue weighted by atomic mass is 16.1. The quantitative estimate of drug-likeness (QED) is 0.627. The van der Waals surface area contributed by atoms with Gasteiger partial charge >= 0.3 is 0 Å². The van der Waals surface area contributed by atoms with E-state index in [0.29, 0.717) is 17.8 Å². The average Bonchev–Trinajstić information content (AvgIpc) is 3.23. The fourth-order valence-electron chi connectivity index (χ4n) is 3.78. The number of aromatic nitrogens is 5. The molecular formula is C19H24N8O. The molecule has 0 spiro atoms. The van der Waals surface area contributed by atoms with Crippen molar-refractivity contribution in [1.82, 2.24) is 29.9 Å². The van der Waals surface area contributed by atoms with Crippen molar-refractivity contribution in [2.24, 2.45) is 0 Å². The van der Waals surface area contributed by atoms with Gasteiger partial charge in [-0.1, -0.05) is 0 Å². The van der Waals surface area contributed by atoms with E-state index in [1.807, 2.05) is 22.7 Å². The SMILES string of the molecule is CC(=O)NC1CCN(c2nc(Nc3cc(C4CC4)[nH]n3)n3cccc3n2)CC1. The summed E-state index contributed by atoms with van der Waals surface area (Å²) in [6.07, 6.45) is 6.19. The molecule has 9 nitrogen and oxygen atoms in total. The van der Waals surface area contributed by atoms with E-state index in [1.165, 1.54) is 18.5 Å². The molecule has 1 amide bonds. The Bertz CT molecular complexity index is 996. The highest BCUT2D eigenvalue weighted by Gasteiger charge is 2.26. The van der Waals surface area contributed by atoms with Gasteiger partial charge in [-0.2, -0.15) is 15.1 Å². The van der Waals surface area contributed by atoms with Gasteiger partial charge in [-0.15, -0.1) is 0 Å². The number of carbonyl (C=O) groups is 1. The van der Waals surface area contributed by atoms with E-state index in [1.54, 1.807) is 6.92 Å². The number of amides is 1. The van der Waals surface area contributed by atoms with Crippen LogP contribution in [0.25, 0.3) is 5.65 Å². The number of hydrogen-bond acceptors (Lipinski definition) is 6. The molecule has 2 aliphatic rings. The highest BCUT2D eigenvalue weighted by molar-refractivity contribution is 5.73. The van der Waals surface area contributed by atoms with Crippen molar-refractivity contribution in [3.8, 4) is 0 Å². The average molecular weight is 380 g/mol. The second kappa shape index (κ2) is 6.81. The van der Waals surface area contributed by atoms with Gasteiger partial charge in [0.15, 0.2) is 5.82 Å². The number of carbonyl (C=O) groups excluding carboxylic acids is 1. The van der Waals surface area contributed by atoms with Gasteiger partial charge in [0.2, 0.25) is 17.8 Å². The summed E-state index contributed by atoms with van der Waals surface area (Å²) < 4.78 is 1.93. The predicted molar refractivity (Wildman–Crippen MR) is 106 cm³/mol. The lowest BCUT2D eigenvalue weighted by Crippen LogP contribution is -2.44. The Morgan fingerprint density at radius 3 is 2.79 bits per heavy atom. The molecule has 1 aliphatic heterocycles. The molecule has 1 saturated heterocycles. The van der Waals surface area contributed by atoms with E-state index in [2.05, 4.69) is 31.8 Å². The summed E-state index contributed by atoms with van der Waals surface area (Å²) in [7, 11) is 0. The smallest absolute Gasteiger partial charge is 0.230 e. The molecule has 1 aliphatic carbocycles. The molecule has 0 atom stereocenters. The van der Waals surface area contributed by atoms with E-state index in [4.69, 9.17) is 9.97 Å². The van der Waals surface area contributed by atoms with Crippen LogP contribution in [0.2, 0.25) is 0 Å². The summed E-state index contributed by atoms with van der Waals surface area (Å²) in [5, 5.41) is 13.8. The van der Waals surface area contributed by atoms with Crippen LogP contribution in [0.3, 0.4) is 0 Å². The zero-order valence-corrected chi connectivity index (χ0v) is 15.9. The molecular weight excluding hydrogens is 356 g/mol. The first-order valence-corrected chi connectivity index (χ1v) is 9.85. The zero-order chi connectivity index (χ0) is 19.1. The Morgan fingerprint density at radius 1 is 1.21 bits per heavy atom. The first kappa shape index (κ1) is 17.0. The Kier molecular flexibility index (Phi) is 4.14. The number of anilines is 3. The maximum atomic E-state index is 11.3. The molecule has 3 aromatic heterocycles. The van der Waals surface area contributed by atoms with Gasteiger partial charge in [-0.3, -0.25) is 14.3 Å². The third-order valence-corrected chi connectivity index (χ3v) is 5.42. The lowest BCUT2D eigenvalue weighted by atomic mass is 10.1. The van der Waals surface area contributed by atoms with Crippen LogP contribution in [0.5, 0.6) is 0 Å². The van der Waals surface area contributed by atoms with Crippen LogP contribution >= 0.6 is 0 Å². The van der Waals surface area contributed by atoms with Crippen molar-refractivity contribution in [2.45, 2.75) is 44.6 Å². The fourth-order valence-corrected chi connectivity index (χ4v) is 3.78. The van der Waals surface area contributed by atoms with Gasteiger partial charge in [0.25, 0.3) is 0 Å². The van der Waals surface area contributed by atoms with Gasteiger partial charge < -0.3 is 15.5 Å². The number of aromatic amines is 1. The fraction of sp³-hybridized carbons (Fsp3) is 0.474. The number of nitrogens with one attached hydrogen (secondary N) is 3. The molecule has 4 heterocycles. The van der Waals surface area contributed by atoms with Gasteiger partial charge in [0.05, 0.1) is 0 Å². The standard InChI is InChI=1S/C19H24N8O/c1-12(28)20-14-6-9-26(10-7-14)18-22-17-3-2-8-27(17)19(23-18)21-16-11-15(24-25-16)13-4-5-13/h2-3,8,11,13-14H,4-7,9-10H2,1H3,(H,20,28)(H2,21,22,23,24,25). The van der Waals surface area contributed by atoms with Gasteiger partial charge in [0, 0.05) is 49.9 Å². The lowest BCUT2D eigenvalue weighted by molar-refractivity contribution is -0.119. The monoisotopic (exact) mass is 380 g/mol. The van der Waals surface area contributed by atoms with Crippen LogP contribution in [0.4, 0.5) is 17.7 Å². The zero-order valence-electron chi connectivity index (χ0n) is 15.9. The molecule has 3 aromatic rings. The van der Waals surface area contributed by atoms with Crippen LogP contribution in [-0.2, 0) is 4.79 Å². The maximum absolute atomic E-state index is 11.3. The van der Waals surface area contributed by atoms with E-state index in [-0.39, 0.29) is 11.9 Å². The summed E-state index contributed by atoms with van der Waals surface area (Å²) in [6.45, 7) is 3.20. The van der Waals surface area contributed by atoms with E-state index in [9.17, 15) is 4.79 Å². The maximum Gasteiger partial charge on any atom is 0.230 e. The summed E-state index contributed by atoms with van der Waals surface area (Å²) in [6, 6.07) is 6.23. The normalized spacial score (nSPS) is 17.8. The second-order valence-corrected chi connectivity index (χ2v) is 7.65. The number of nitrogens with zero attached hydrogens (tertiary/aromatic N) is 5. The molecule has 0 aromatic carbocycles. The minimum absolute atomic E-state index is 0.0281. The number of rotatable bonds is 5. The largest absolute Gasteiger partial charge is 0.353 e. The van der Waals surface area contributed by atoms with Crippen LogP contribution < -0.4 is 15.5 Å². The van der Waals surface area contributed by atoms with E-state index >= 15 is 0 Å². The molecule has 0 radical (unpaired) electrons. The number of hydrogen-bond donors (Lipinski definition) is 3. The first-order chi connectivity index (χ1) is 13.7. The molecule has 9 heteroatoms. The van der Waals surface area contributed by atoms with Crippen molar-refractivity contribution in [2.75, 3.05) is 23.3 Å². The topological polar surface area (TPSA) is 103 Å². The highest BCUT2D eigenvalue weighted by Crippen LogP contribution is 2.39. The first-order valence-electron chi connectivity index (χ1n) is 9.85. The Labute approximate surface area is 162 Å². The minimum atomic E-state index is 0.0281. The molecule has 3 N–H and O–H groups in total. The van der Waals surface area contributed by atoms with Crippen LogP contribution in [0.1, 0.15) is 44.2 Å². The van der Waals surface area contributed by atoms with Crippen molar-refractivity contribution in [3.05, 3.63) is 30.1 Å². The third-order valence-electron chi connectivity index (χ3n) is 5.42. The minimum Gasteiger partial charge on any atom is -0.353 e. The summed E-state index contributed by atoms with van der Waals surface area (Å²) in [4.78, 5) is 22.9. The van der Waals surface area contributed by atoms with Crippen molar-refractivity contribution in [1.29, 1.82) is 0 Å². The van der Waals surface area contributed by atoms with Crippen LogP contribution in [-0.4, -0.2) is 49.6 Å². The summed E-state index contributed by atoms with van der Waals surface area (Å²) in [5.74, 6) is 2.82. The number of H-pyrrole nitrogens is 1. The van der Waals surface area contributed by atoms with Crippen molar-refractivity contribution >= 4 is 29.3 Å². The number of piperidine rings is 1. The van der Waals surface area contributed by atoms with E-state index < -0.39 is 0 Å². The van der Waals surface area contributed by atoms with Gasteiger partial charge in [0.1, 0.15) is 5.65 Å². The molecule has 146 valence electrons. The van der Waals surface area contributed by atoms with Crippen LogP contribution in [0, 0.1) is 0 Å². The Morgan fingerprint density at radius 2 is 2.04 bits per heavy atom. The van der Waals surface area contributed by atoms with Crippen LogP contribution in [0.15, 0.2) is 24.4 Å². The van der Waals surface area contributed by atoms with E-state index in [0.717, 1.165) is 37.4 Å². The summed E-state index contributed by atoms with van der Waals surface area (Å²) >= 11 is 0. The molecule has 0 bridgehead atoms. The van der Waals surface area contributed by atoms with Crippen molar-refractivity contribution in [3.63, 3.8) is 0 Å². The molecule has 5 rings (SSSR count). The number of fused-ring (bicyclic) bond motifs is 1. The molecule has 1 saturated carbocycles. The third kappa shape index (κ3) is 3.39. The van der Waals surface area contributed by atoms with Gasteiger partial charge in [-0.05, 0) is 37.8 Å². The van der Waals surface area contributed by atoms with Gasteiger partial charge in [-0.25, -0.2) is 0 Å². The second-order valence-electron chi connectivity index (χ2n) is 7.65. The molecule has 0 unspecified atom stereocenters. The Balaban J connectivity index is 1.37.